The van der Waals surface area contributed by atoms with Crippen molar-refractivity contribution in [3.63, 3.8) is 0 Å². The van der Waals surface area contributed by atoms with Crippen LogP contribution in [0.2, 0.25) is 0 Å². The maximum absolute atomic E-state index is 4.13. The quantitative estimate of drug-likeness (QED) is 0.364. The van der Waals surface area contributed by atoms with Gasteiger partial charge in [-0.25, -0.2) is 0 Å². The molecule has 1 rings (SSSR count). The Morgan fingerprint density at radius 1 is 1.36 bits per heavy atom. The van der Waals surface area contributed by atoms with Gasteiger partial charge in [-0.15, -0.1) is 0 Å². The van der Waals surface area contributed by atoms with E-state index >= 15 is 0 Å². The summed E-state index contributed by atoms with van der Waals surface area (Å²) >= 11 is 0. The highest BCUT2D eigenvalue weighted by Gasteiger charge is 2.11. The topological polar surface area (TPSA) is 27.3 Å². The third-order valence-electron chi connectivity index (χ3n) is 2.65. The molecule has 3 heteroatoms. The van der Waals surface area contributed by atoms with Crippen LogP contribution in [-0.2, 0) is 0 Å². The molecular formula is C11H23N3. The summed E-state index contributed by atoms with van der Waals surface area (Å²) in [5.74, 6) is 0. The van der Waals surface area contributed by atoms with Crippen molar-refractivity contribution in [1.29, 1.82) is 0 Å². The molecule has 1 aliphatic rings. The first kappa shape index (κ1) is 11.7. The Kier molecular flexibility index (Phi) is 5.83. The molecule has 1 saturated heterocycles. The van der Waals surface area contributed by atoms with Crippen molar-refractivity contribution in [2.75, 3.05) is 33.2 Å². The van der Waals surface area contributed by atoms with E-state index in [0.29, 0.717) is 0 Å². The number of likely N-dealkylation sites (tertiary alicyclic amines) is 1. The summed E-state index contributed by atoms with van der Waals surface area (Å²) in [7, 11) is 1.90. The van der Waals surface area contributed by atoms with Crippen LogP contribution in [0.5, 0.6) is 0 Å². The molecule has 1 heterocycles. The zero-order chi connectivity index (χ0) is 10.2. The van der Waals surface area contributed by atoms with Crippen LogP contribution in [0.4, 0.5) is 0 Å². The van der Waals surface area contributed by atoms with Crippen molar-refractivity contribution in [3.05, 3.63) is 12.2 Å². The maximum Gasteiger partial charge on any atom is 0.0190 e. The zero-order valence-corrected chi connectivity index (χ0v) is 9.31. The average molecular weight is 197 g/mol. The Hall–Kier alpha value is -0.380. The molecule has 0 aliphatic carbocycles. The second-order valence-electron chi connectivity index (χ2n) is 4.01. The van der Waals surface area contributed by atoms with Crippen LogP contribution in [0.3, 0.4) is 0 Å². The summed E-state index contributed by atoms with van der Waals surface area (Å²) in [6.45, 7) is 8.80. The molecule has 0 spiro atoms. The highest BCUT2D eigenvalue weighted by molar-refractivity contribution is 4.97. The molecular weight excluding hydrogens is 174 g/mol. The number of rotatable bonds is 7. The summed E-state index contributed by atoms with van der Waals surface area (Å²) in [6.07, 6.45) is 5.06. The summed E-state index contributed by atoms with van der Waals surface area (Å²) < 4.78 is 0. The monoisotopic (exact) mass is 197 g/mol. The number of nitrogens with zero attached hydrogens (tertiary/aromatic N) is 1. The minimum Gasteiger partial charge on any atom is -0.299 e. The number of hydrogen-bond acceptors (Lipinski definition) is 3. The SMILES string of the molecule is C=C(CCCNNC)CN1CCCC1. The van der Waals surface area contributed by atoms with Crippen LogP contribution >= 0.6 is 0 Å². The van der Waals surface area contributed by atoms with Gasteiger partial charge in [-0.3, -0.25) is 15.8 Å². The molecule has 0 unspecified atom stereocenters. The van der Waals surface area contributed by atoms with E-state index < -0.39 is 0 Å². The lowest BCUT2D eigenvalue weighted by atomic mass is 10.1. The van der Waals surface area contributed by atoms with Gasteiger partial charge in [0.05, 0.1) is 0 Å². The van der Waals surface area contributed by atoms with Gasteiger partial charge in [0.25, 0.3) is 0 Å². The summed E-state index contributed by atoms with van der Waals surface area (Å²) in [4.78, 5) is 2.51. The summed E-state index contributed by atoms with van der Waals surface area (Å²) in [6, 6.07) is 0. The lowest BCUT2D eigenvalue weighted by molar-refractivity contribution is 0.364. The van der Waals surface area contributed by atoms with Crippen LogP contribution in [0, 0.1) is 0 Å². The van der Waals surface area contributed by atoms with Gasteiger partial charge in [-0.1, -0.05) is 12.2 Å². The fourth-order valence-corrected chi connectivity index (χ4v) is 1.89. The third-order valence-corrected chi connectivity index (χ3v) is 2.65. The predicted octanol–water partition coefficient (Wildman–Crippen LogP) is 1.14. The number of nitrogens with one attached hydrogen (secondary N) is 2. The Bertz CT molecular complexity index is 162. The van der Waals surface area contributed by atoms with Crippen LogP contribution in [0.25, 0.3) is 0 Å². The van der Waals surface area contributed by atoms with Gasteiger partial charge in [0.1, 0.15) is 0 Å². The fourth-order valence-electron chi connectivity index (χ4n) is 1.89. The number of hydrogen-bond donors (Lipinski definition) is 2. The van der Waals surface area contributed by atoms with Gasteiger partial charge in [0, 0.05) is 13.1 Å². The first-order valence-corrected chi connectivity index (χ1v) is 5.61. The van der Waals surface area contributed by atoms with Gasteiger partial charge in [0.15, 0.2) is 0 Å². The zero-order valence-electron chi connectivity index (χ0n) is 9.31. The lowest BCUT2D eigenvalue weighted by Gasteiger charge is -2.16. The third kappa shape index (κ3) is 4.74. The van der Waals surface area contributed by atoms with Gasteiger partial charge in [0.2, 0.25) is 0 Å². The van der Waals surface area contributed by atoms with E-state index in [4.69, 9.17) is 0 Å². The van der Waals surface area contributed by atoms with Gasteiger partial charge >= 0.3 is 0 Å². The van der Waals surface area contributed by atoms with E-state index in [1.165, 1.54) is 37.9 Å². The van der Waals surface area contributed by atoms with E-state index in [1.54, 1.807) is 0 Å². The molecule has 1 fully saturated rings. The van der Waals surface area contributed by atoms with Crippen LogP contribution in [0.1, 0.15) is 25.7 Å². The first-order chi connectivity index (χ1) is 6.83. The first-order valence-electron chi connectivity index (χ1n) is 5.61. The van der Waals surface area contributed by atoms with E-state index in [2.05, 4.69) is 22.3 Å². The van der Waals surface area contributed by atoms with Crippen LogP contribution in [0.15, 0.2) is 12.2 Å². The van der Waals surface area contributed by atoms with Crippen molar-refractivity contribution in [2.24, 2.45) is 0 Å². The molecule has 0 amide bonds. The van der Waals surface area contributed by atoms with Gasteiger partial charge in [-0.2, -0.15) is 0 Å². The lowest BCUT2D eigenvalue weighted by Crippen LogP contribution is -2.28. The second-order valence-corrected chi connectivity index (χ2v) is 4.01. The fraction of sp³-hybridized carbons (Fsp3) is 0.818. The second kappa shape index (κ2) is 6.98. The average Bonchev–Trinajstić information content (AvgIpc) is 2.65. The highest BCUT2D eigenvalue weighted by Crippen LogP contribution is 2.11. The van der Waals surface area contributed by atoms with E-state index in [1.807, 2.05) is 7.05 Å². The molecule has 0 radical (unpaired) electrons. The van der Waals surface area contributed by atoms with Crippen molar-refractivity contribution >= 4 is 0 Å². The Morgan fingerprint density at radius 2 is 2.07 bits per heavy atom. The molecule has 3 nitrogen and oxygen atoms in total. The molecule has 1 aliphatic heterocycles. The molecule has 0 aromatic carbocycles. The molecule has 0 atom stereocenters. The standard InChI is InChI=1S/C11H23N3/c1-11(6-5-7-13-12-2)10-14-8-3-4-9-14/h12-13H,1,3-10H2,2H3. The molecule has 82 valence electrons. The van der Waals surface area contributed by atoms with Gasteiger partial charge in [-0.05, 0) is 45.8 Å². The Balaban J connectivity index is 1.98. The molecule has 14 heavy (non-hydrogen) atoms. The molecule has 0 aromatic rings. The van der Waals surface area contributed by atoms with Crippen LogP contribution in [-0.4, -0.2) is 38.1 Å². The minimum atomic E-state index is 1.02. The van der Waals surface area contributed by atoms with Crippen molar-refractivity contribution < 1.29 is 0 Å². The maximum atomic E-state index is 4.13. The molecule has 0 saturated carbocycles. The predicted molar refractivity (Wildman–Crippen MR) is 61.1 cm³/mol. The van der Waals surface area contributed by atoms with Crippen LogP contribution < -0.4 is 10.9 Å². The molecule has 0 aromatic heterocycles. The Morgan fingerprint density at radius 3 is 2.71 bits per heavy atom. The van der Waals surface area contributed by atoms with E-state index in [0.717, 1.165) is 19.5 Å². The highest BCUT2D eigenvalue weighted by atomic mass is 15.3. The van der Waals surface area contributed by atoms with E-state index in [9.17, 15) is 0 Å². The Labute approximate surface area is 87.5 Å². The van der Waals surface area contributed by atoms with Crippen molar-refractivity contribution in [2.45, 2.75) is 25.7 Å². The molecule has 2 N–H and O–H groups in total. The minimum absolute atomic E-state index is 1.02. The largest absolute Gasteiger partial charge is 0.299 e. The summed E-state index contributed by atoms with van der Waals surface area (Å²) in [5, 5.41) is 0. The normalized spacial score (nSPS) is 17.5. The molecule has 0 bridgehead atoms. The van der Waals surface area contributed by atoms with E-state index in [-0.39, 0.29) is 0 Å². The van der Waals surface area contributed by atoms with Crippen molar-refractivity contribution in [3.8, 4) is 0 Å². The van der Waals surface area contributed by atoms with Gasteiger partial charge < -0.3 is 0 Å². The summed E-state index contributed by atoms with van der Waals surface area (Å²) in [5.41, 5.74) is 7.40. The smallest absolute Gasteiger partial charge is 0.0190 e. The van der Waals surface area contributed by atoms with Crippen molar-refractivity contribution in [1.82, 2.24) is 15.8 Å². The number of hydrazine groups is 1.